The van der Waals surface area contributed by atoms with E-state index in [0.29, 0.717) is 5.41 Å². The van der Waals surface area contributed by atoms with E-state index in [1.165, 1.54) is 12.8 Å². The van der Waals surface area contributed by atoms with Crippen molar-refractivity contribution < 1.29 is 0 Å². The molecule has 0 spiro atoms. The molecular formula is C11H23N. The van der Waals surface area contributed by atoms with Crippen LogP contribution in [0.1, 0.15) is 40.5 Å². The number of hydrogen-bond acceptors (Lipinski definition) is 1. The molecule has 1 heteroatoms. The maximum absolute atomic E-state index is 5.75. The summed E-state index contributed by atoms with van der Waals surface area (Å²) in [6.07, 6.45) is 2.64. The second-order valence-corrected chi connectivity index (χ2v) is 4.77. The van der Waals surface area contributed by atoms with Crippen molar-refractivity contribution in [1.82, 2.24) is 0 Å². The molecule has 1 aliphatic rings. The van der Waals surface area contributed by atoms with Gasteiger partial charge in [0.1, 0.15) is 0 Å². The normalized spacial score (nSPS) is 32.5. The van der Waals surface area contributed by atoms with Crippen LogP contribution >= 0.6 is 0 Å². The van der Waals surface area contributed by atoms with Crippen molar-refractivity contribution in [2.45, 2.75) is 40.5 Å². The number of hydrogen-bond donors (Lipinski definition) is 1. The van der Waals surface area contributed by atoms with Crippen LogP contribution in [0.15, 0.2) is 0 Å². The Morgan fingerprint density at radius 3 is 2.00 bits per heavy atom. The lowest BCUT2D eigenvalue weighted by molar-refractivity contribution is 0.370. The van der Waals surface area contributed by atoms with Crippen LogP contribution in [0.5, 0.6) is 0 Å². The van der Waals surface area contributed by atoms with Crippen molar-refractivity contribution in [2.75, 3.05) is 6.54 Å². The van der Waals surface area contributed by atoms with Crippen LogP contribution in [0.3, 0.4) is 0 Å². The SMILES string of the molecule is CCC(CC)[C@@H]1[C@@H](CN)C1(C)C. The van der Waals surface area contributed by atoms with E-state index in [9.17, 15) is 0 Å². The van der Waals surface area contributed by atoms with E-state index in [-0.39, 0.29) is 0 Å². The van der Waals surface area contributed by atoms with Crippen molar-refractivity contribution in [3.63, 3.8) is 0 Å². The van der Waals surface area contributed by atoms with Gasteiger partial charge in [0.05, 0.1) is 0 Å². The highest BCUT2D eigenvalue weighted by Gasteiger charge is 2.58. The molecule has 1 rings (SSSR count). The van der Waals surface area contributed by atoms with E-state index < -0.39 is 0 Å². The van der Waals surface area contributed by atoms with Gasteiger partial charge in [0.2, 0.25) is 0 Å². The van der Waals surface area contributed by atoms with Gasteiger partial charge in [-0.05, 0) is 29.7 Å². The van der Waals surface area contributed by atoms with Crippen LogP contribution in [0.2, 0.25) is 0 Å². The van der Waals surface area contributed by atoms with Gasteiger partial charge in [-0.2, -0.15) is 0 Å². The second-order valence-electron chi connectivity index (χ2n) is 4.77. The maximum Gasteiger partial charge on any atom is -0.00407 e. The zero-order chi connectivity index (χ0) is 9.35. The topological polar surface area (TPSA) is 26.0 Å². The lowest BCUT2D eigenvalue weighted by Crippen LogP contribution is -2.07. The Hall–Kier alpha value is -0.0400. The Morgan fingerprint density at radius 2 is 1.75 bits per heavy atom. The molecule has 0 saturated heterocycles. The molecule has 1 nitrogen and oxygen atoms in total. The van der Waals surface area contributed by atoms with Gasteiger partial charge in [0.25, 0.3) is 0 Å². The van der Waals surface area contributed by atoms with Gasteiger partial charge in [-0.25, -0.2) is 0 Å². The predicted molar refractivity (Wildman–Crippen MR) is 53.9 cm³/mol. The molecule has 0 unspecified atom stereocenters. The highest BCUT2D eigenvalue weighted by molar-refractivity contribution is 5.07. The van der Waals surface area contributed by atoms with Gasteiger partial charge in [0, 0.05) is 0 Å². The van der Waals surface area contributed by atoms with Crippen LogP contribution in [-0.4, -0.2) is 6.54 Å². The summed E-state index contributed by atoms with van der Waals surface area (Å²) in [5.74, 6) is 2.61. The first-order valence-electron chi connectivity index (χ1n) is 5.29. The molecule has 0 bridgehead atoms. The Bertz CT molecular complexity index is 147. The highest BCUT2D eigenvalue weighted by atomic mass is 14.7. The van der Waals surface area contributed by atoms with Crippen molar-refractivity contribution in [3.05, 3.63) is 0 Å². The monoisotopic (exact) mass is 169 g/mol. The van der Waals surface area contributed by atoms with Gasteiger partial charge in [0.15, 0.2) is 0 Å². The molecule has 12 heavy (non-hydrogen) atoms. The van der Waals surface area contributed by atoms with Gasteiger partial charge in [-0.1, -0.05) is 40.5 Å². The lowest BCUT2D eigenvalue weighted by atomic mass is 9.92. The summed E-state index contributed by atoms with van der Waals surface area (Å²) in [6, 6.07) is 0. The Labute approximate surface area is 76.7 Å². The summed E-state index contributed by atoms with van der Waals surface area (Å²) in [4.78, 5) is 0. The molecule has 0 aromatic carbocycles. The third kappa shape index (κ3) is 1.39. The van der Waals surface area contributed by atoms with Crippen LogP contribution in [-0.2, 0) is 0 Å². The second kappa shape index (κ2) is 3.37. The molecule has 2 atom stereocenters. The molecule has 0 aromatic rings. The Morgan fingerprint density at radius 1 is 1.25 bits per heavy atom. The summed E-state index contributed by atoms with van der Waals surface area (Å²) in [5.41, 5.74) is 6.28. The van der Waals surface area contributed by atoms with Crippen molar-refractivity contribution in [3.8, 4) is 0 Å². The Balaban J connectivity index is 2.55. The minimum Gasteiger partial charge on any atom is -0.330 e. The van der Waals surface area contributed by atoms with Crippen LogP contribution in [0.25, 0.3) is 0 Å². The summed E-state index contributed by atoms with van der Waals surface area (Å²) in [5, 5.41) is 0. The van der Waals surface area contributed by atoms with Crippen LogP contribution < -0.4 is 5.73 Å². The zero-order valence-electron chi connectivity index (χ0n) is 8.93. The summed E-state index contributed by atoms with van der Waals surface area (Å²) < 4.78 is 0. The number of rotatable bonds is 4. The van der Waals surface area contributed by atoms with Crippen molar-refractivity contribution in [2.24, 2.45) is 28.9 Å². The molecule has 0 amide bonds. The average molecular weight is 169 g/mol. The average Bonchev–Trinajstić information content (AvgIpc) is 2.57. The molecule has 1 saturated carbocycles. The molecule has 0 aliphatic heterocycles. The molecule has 0 aromatic heterocycles. The molecule has 72 valence electrons. The van der Waals surface area contributed by atoms with Crippen LogP contribution in [0, 0.1) is 23.2 Å². The largest absolute Gasteiger partial charge is 0.330 e. The minimum atomic E-state index is 0.533. The molecule has 2 N–H and O–H groups in total. The fourth-order valence-electron chi connectivity index (χ4n) is 2.97. The number of nitrogens with two attached hydrogens (primary N) is 1. The predicted octanol–water partition coefficient (Wildman–Crippen LogP) is 2.65. The smallest absolute Gasteiger partial charge is 0.00407 e. The van der Waals surface area contributed by atoms with Crippen molar-refractivity contribution >= 4 is 0 Å². The van der Waals surface area contributed by atoms with E-state index in [1.54, 1.807) is 0 Å². The molecule has 0 radical (unpaired) electrons. The fourth-order valence-corrected chi connectivity index (χ4v) is 2.97. The highest BCUT2D eigenvalue weighted by Crippen LogP contribution is 2.62. The van der Waals surface area contributed by atoms with Gasteiger partial charge >= 0.3 is 0 Å². The van der Waals surface area contributed by atoms with Gasteiger partial charge in [-0.3, -0.25) is 0 Å². The first-order valence-corrected chi connectivity index (χ1v) is 5.29. The molecule has 1 aliphatic carbocycles. The molecule has 0 heterocycles. The van der Waals surface area contributed by atoms with E-state index in [2.05, 4.69) is 27.7 Å². The maximum atomic E-state index is 5.75. The third-order valence-electron chi connectivity index (χ3n) is 3.95. The zero-order valence-corrected chi connectivity index (χ0v) is 8.93. The van der Waals surface area contributed by atoms with E-state index in [1.807, 2.05) is 0 Å². The molecule has 1 fully saturated rings. The lowest BCUT2D eigenvalue weighted by Gasteiger charge is -2.13. The van der Waals surface area contributed by atoms with E-state index >= 15 is 0 Å². The third-order valence-corrected chi connectivity index (χ3v) is 3.95. The first-order chi connectivity index (χ1) is 5.59. The molecular weight excluding hydrogens is 146 g/mol. The van der Waals surface area contributed by atoms with Gasteiger partial charge < -0.3 is 5.73 Å². The Kier molecular flexibility index (Phi) is 2.82. The van der Waals surface area contributed by atoms with E-state index in [0.717, 1.165) is 24.3 Å². The quantitative estimate of drug-likeness (QED) is 0.688. The summed E-state index contributed by atoms with van der Waals surface area (Å²) >= 11 is 0. The summed E-state index contributed by atoms with van der Waals surface area (Å²) in [7, 11) is 0. The van der Waals surface area contributed by atoms with E-state index in [4.69, 9.17) is 5.73 Å². The fraction of sp³-hybridized carbons (Fsp3) is 1.00. The first kappa shape index (κ1) is 10.0. The van der Waals surface area contributed by atoms with Gasteiger partial charge in [-0.15, -0.1) is 0 Å². The van der Waals surface area contributed by atoms with Crippen LogP contribution in [0.4, 0.5) is 0 Å². The summed E-state index contributed by atoms with van der Waals surface area (Å²) in [6.45, 7) is 10.2. The standard InChI is InChI=1S/C11H23N/c1-5-8(6-2)10-9(7-12)11(10,3)4/h8-10H,5-7,12H2,1-4H3/t9-,10-/m1/s1. The minimum absolute atomic E-state index is 0.533. The van der Waals surface area contributed by atoms with Crippen molar-refractivity contribution in [1.29, 1.82) is 0 Å².